The maximum Gasteiger partial charge on any atom is 0.256 e. The zero-order chi connectivity index (χ0) is 22.1. The molecule has 6 heteroatoms. The van der Waals surface area contributed by atoms with Crippen LogP contribution < -0.4 is 0 Å². The van der Waals surface area contributed by atoms with Gasteiger partial charge in [-0.15, -0.1) is 0 Å². The number of likely N-dealkylation sites (tertiary alicyclic amines) is 2. The van der Waals surface area contributed by atoms with Crippen molar-refractivity contribution in [1.29, 1.82) is 0 Å². The largest absolute Gasteiger partial charge is 0.394 e. The third-order valence-corrected chi connectivity index (χ3v) is 6.73. The van der Waals surface area contributed by atoms with E-state index in [1.807, 2.05) is 65.6 Å². The van der Waals surface area contributed by atoms with Crippen molar-refractivity contribution in [2.75, 3.05) is 19.7 Å². The summed E-state index contributed by atoms with van der Waals surface area (Å²) in [4.78, 5) is 34.0. The number of aliphatic hydroxyl groups is 1. The molecule has 162 valence electrons. The van der Waals surface area contributed by atoms with Gasteiger partial charge in [-0.05, 0) is 23.3 Å². The minimum absolute atomic E-state index is 0.0323. The first-order chi connectivity index (χ1) is 15.6. The second-order valence-corrected chi connectivity index (χ2v) is 8.57. The molecule has 0 bridgehead atoms. The van der Waals surface area contributed by atoms with E-state index in [0.717, 1.165) is 11.1 Å². The van der Waals surface area contributed by atoms with Crippen molar-refractivity contribution < 1.29 is 14.7 Å². The fraction of sp³-hybridized carbons (Fsp3) is 0.269. The van der Waals surface area contributed by atoms with Gasteiger partial charge in [0.1, 0.15) is 0 Å². The van der Waals surface area contributed by atoms with E-state index in [1.165, 1.54) is 0 Å². The van der Waals surface area contributed by atoms with Crippen LogP contribution in [0.2, 0.25) is 0 Å². The van der Waals surface area contributed by atoms with E-state index in [0.29, 0.717) is 25.1 Å². The van der Waals surface area contributed by atoms with Crippen LogP contribution in [-0.4, -0.2) is 63.0 Å². The van der Waals surface area contributed by atoms with Crippen molar-refractivity contribution in [2.24, 2.45) is 0 Å². The molecular weight excluding hydrogens is 402 g/mol. The summed E-state index contributed by atoms with van der Waals surface area (Å²) in [6.07, 6.45) is 3.52. The zero-order valence-electron chi connectivity index (χ0n) is 17.7. The van der Waals surface area contributed by atoms with Gasteiger partial charge in [-0.3, -0.25) is 14.6 Å². The molecule has 32 heavy (non-hydrogen) atoms. The monoisotopic (exact) mass is 427 g/mol. The molecule has 1 N–H and O–H groups in total. The number of aliphatic hydroxyl groups excluding tert-OH is 1. The first kappa shape index (κ1) is 20.4. The van der Waals surface area contributed by atoms with Gasteiger partial charge in [-0.25, -0.2) is 0 Å². The number of aromatic nitrogens is 1. The smallest absolute Gasteiger partial charge is 0.256 e. The van der Waals surface area contributed by atoms with Crippen LogP contribution in [0.1, 0.15) is 27.4 Å². The number of carbonyl (C=O) groups is 2. The second-order valence-electron chi connectivity index (χ2n) is 8.57. The zero-order valence-corrected chi connectivity index (χ0v) is 17.7. The molecule has 3 aromatic rings. The van der Waals surface area contributed by atoms with Crippen LogP contribution in [-0.2, 0) is 11.2 Å². The number of nitrogens with zero attached hydrogens (tertiary/aromatic N) is 3. The van der Waals surface area contributed by atoms with E-state index in [-0.39, 0.29) is 30.4 Å². The maximum atomic E-state index is 13.4. The summed E-state index contributed by atoms with van der Waals surface area (Å²) in [5.74, 6) is -0.135. The molecule has 2 saturated heterocycles. The molecule has 2 aromatic carbocycles. The van der Waals surface area contributed by atoms with E-state index in [4.69, 9.17) is 0 Å². The number of hydrogen-bond donors (Lipinski definition) is 1. The van der Waals surface area contributed by atoms with Crippen molar-refractivity contribution in [2.45, 2.75) is 23.9 Å². The lowest BCUT2D eigenvalue weighted by molar-refractivity contribution is -0.178. The molecule has 2 atom stereocenters. The lowest BCUT2D eigenvalue weighted by Gasteiger charge is -2.70. The van der Waals surface area contributed by atoms with Crippen molar-refractivity contribution in [1.82, 2.24) is 14.8 Å². The molecule has 3 heterocycles. The van der Waals surface area contributed by atoms with Crippen LogP contribution in [0, 0.1) is 0 Å². The third-order valence-electron chi connectivity index (χ3n) is 6.73. The van der Waals surface area contributed by atoms with Gasteiger partial charge in [-0.1, -0.05) is 60.7 Å². The molecular formula is C26H25N3O3. The molecule has 5 rings (SSSR count). The lowest BCUT2D eigenvalue weighted by atomic mass is 9.60. The van der Waals surface area contributed by atoms with E-state index < -0.39 is 5.54 Å². The van der Waals surface area contributed by atoms with Crippen LogP contribution in [0.5, 0.6) is 0 Å². The first-order valence-electron chi connectivity index (χ1n) is 10.9. The number of benzene rings is 2. The molecule has 0 saturated carbocycles. The van der Waals surface area contributed by atoms with Crippen LogP contribution in [0.25, 0.3) is 0 Å². The van der Waals surface area contributed by atoms with Crippen molar-refractivity contribution >= 4 is 11.8 Å². The number of rotatable bonds is 5. The summed E-state index contributed by atoms with van der Waals surface area (Å²) < 4.78 is 0. The molecule has 0 unspecified atom stereocenters. The Labute approximate surface area is 187 Å². The molecule has 1 spiro atoms. The van der Waals surface area contributed by atoms with E-state index in [9.17, 15) is 14.7 Å². The van der Waals surface area contributed by atoms with Crippen molar-refractivity contribution in [3.63, 3.8) is 0 Å². The lowest BCUT2D eigenvalue weighted by Crippen LogP contribution is -2.86. The van der Waals surface area contributed by atoms with Gasteiger partial charge in [0.15, 0.2) is 0 Å². The molecule has 0 radical (unpaired) electrons. The molecule has 6 nitrogen and oxygen atoms in total. The highest BCUT2D eigenvalue weighted by Crippen LogP contribution is 2.54. The maximum absolute atomic E-state index is 13.4. The highest BCUT2D eigenvalue weighted by molar-refractivity contribution is 5.96. The van der Waals surface area contributed by atoms with Gasteiger partial charge >= 0.3 is 0 Å². The SMILES string of the molecule is O=C(Cc1ccccc1)N1CC2(C1)[C@@H](c1ccccc1)[C@@H](CO)N2C(=O)c1cccnc1. The number of hydrogen-bond acceptors (Lipinski definition) is 4. The molecule has 1 aromatic heterocycles. The Kier molecular flexibility index (Phi) is 5.23. The predicted molar refractivity (Wildman–Crippen MR) is 120 cm³/mol. The Hall–Kier alpha value is -3.51. The molecule has 2 fully saturated rings. The Bertz CT molecular complexity index is 1100. The van der Waals surface area contributed by atoms with E-state index >= 15 is 0 Å². The summed E-state index contributed by atoms with van der Waals surface area (Å²) in [6.45, 7) is 0.784. The van der Waals surface area contributed by atoms with Crippen LogP contribution in [0.3, 0.4) is 0 Å². The van der Waals surface area contributed by atoms with Gasteiger partial charge < -0.3 is 14.9 Å². The molecule has 2 aliphatic heterocycles. The first-order valence-corrected chi connectivity index (χ1v) is 10.9. The van der Waals surface area contributed by atoms with Crippen molar-refractivity contribution in [3.8, 4) is 0 Å². The molecule has 2 aliphatic rings. The van der Waals surface area contributed by atoms with Gasteiger partial charge in [0, 0.05) is 31.4 Å². The number of carbonyl (C=O) groups excluding carboxylic acids is 2. The standard InChI is InChI=1S/C26H25N3O3/c30-16-22-24(20-10-5-2-6-11-20)26(29(22)25(32)21-12-7-13-27-15-21)17-28(18-26)23(31)14-19-8-3-1-4-9-19/h1-13,15,22,24,30H,14,16-18H2/t22-,24+/m1/s1. The summed E-state index contributed by atoms with van der Waals surface area (Å²) in [5.41, 5.74) is 2.03. The minimum atomic E-state index is -0.520. The quantitative estimate of drug-likeness (QED) is 0.679. The van der Waals surface area contributed by atoms with Crippen molar-refractivity contribution in [3.05, 3.63) is 102 Å². The topological polar surface area (TPSA) is 73.7 Å². The van der Waals surface area contributed by atoms with Crippen LogP contribution in [0.4, 0.5) is 0 Å². The third kappa shape index (κ3) is 3.28. The Balaban J connectivity index is 1.42. The summed E-state index contributed by atoms with van der Waals surface area (Å²) in [7, 11) is 0. The minimum Gasteiger partial charge on any atom is -0.394 e. The average molecular weight is 428 g/mol. The Morgan fingerprint density at radius 3 is 2.28 bits per heavy atom. The van der Waals surface area contributed by atoms with Gasteiger partial charge in [0.2, 0.25) is 5.91 Å². The average Bonchev–Trinajstić information content (AvgIpc) is 2.79. The Morgan fingerprint density at radius 1 is 0.969 bits per heavy atom. The fourth-order valence-electron chi connectivity index (χ4n) is 5.29. The molecule has 0 aliphatic carbocycles. The predicted octanol–water partition coefficient (Wildman–Crippen LogP) is 2.51. The van der Waals surface area contributed by atoms with E-state index in [2.05, 4.69) is 4.98 Å². The van der Waals surface area contributed by atoms with E-state index in [1.54, 1.807) is 29.4 Å². The summed E-state index contributed by atoms with van der Waals surface area (Å²) in [5, 5.41) is 10.2. The molecule has 2 amide bonds. The summed E-state index contributed by atoms with van der Waals surface area (Å²) >= 11 is 0. The highest BCUT2D eigenvalue weighted by atomic mass is 16.3. The summed E-state index contributed by atoms with van der Waals surface area (Å²) in [6, 6.07) is 22.8. The Morgan fingerprint density at radius 2 is 1.66 bits per heavy atom. The van der Waals surface area contributed by atoms with Gasteiger partial charge in [0.05, 0.1) is 30.2 Å². The number of pyridine rings is 1. The normalized spacial score (nSPS) is 21.0. The second kappa shape index (κ2) is 8.20. The van der Waals surface area contributed by atoms with Crippen LogP contribution in [0.15, 0.2) is 85.2 Å². The fourth-order valence-corrected chi connectivity index (χ4v) is 5.29. The number of amides is 2. The van der Waals surface area contributed by atoms with Crippen LogP contribution >= 0.6 is 0 Å². The highest BCUT2D eigenvalue weighted by Gasteiger charge is 2.68. The van der Waals surface area contributed by atoms with Gasteiger partial charge in [-0.2, -0.15) is 0 Å². The van der Waals surface area contributed by atoms with Gasteiger partial charge in [0.25, 0.3) is 5.91 Å².